The second-order valence-electron chi connectivity index (χ2n) is 6.89. The Bertz CT molecular complexity index is 1430. The van der Waals surface area contributed by atoms with Gasteiger partial charge in [-0.3, -0.25) is 4.79 Å². The van der Waals surface area contributed by atoms with Gasteiger partial charge in [-0.15, -0.1) is 0 Å². The standard InChI is InChI=1S/C24H18N4O/c1-16-20(18-11-5-7-13-21(18)26-16)15-25-28-23(17-9-3-2-4-10-17)27-22-14-8-6-12-19(22)24(28)29/h2-15,26H,1H3. The first-order valence-electron chi connectivity index (χ1n) is 9.41. The minimum absolute atomic E-state index is 0.191. The van der Waals surface area contributed by atoms with Gasteiger partial charge in [0.05, 0.1) is 17.1 Å². The van der Waals surface area contributed by atoms with E-state index in [-0.39, 0.29) is 5.56 Å². The number of rotatable bonds is 3. The molecule has 0 bridgehead atoms. The molecule has 29 heavy (non-hydrogen) atoms. The molecule has 2 heterocycles. The van der Waals surface area contributed by atoms with Gasteiger partial charge in [-0.05, 0) is 25.1 Å². The molecule has 2 aromatic heterocycles. The van der Waals surface area contributed by atoms with E-state index in [1.54, 1.807) is 12.3 Å². The van der Waals surface area contributed by atoms with E-state index in [0.29, 0.717) is 16.7 Å². The van der Waals surface area contributed by atoms with E-state index in [2.05, 4.69) is 10.1 Å². The first-order chi connectivity index (χ1) is 14.2. The molecule has 0 fully saturated rings. The molecule has 0 aliphatic rings. The lowest BCUT2D eigenvalue weighted by atomic mass is 10.1. The highest BCUT2D eigenvalue weighted by Gasteiger charge is 2.12. The minimum Gasteiger partial charge on any atom is -0.358 e. The van der Waals surface area contributed by atoms with Crippen molar-refractivity contribution in [3.05, 3.63) is 100 Å². The number of aromatic nitrogens is 3. The molecule has 0 atom stereocenters. The van der Waals surface area contributed by atoms with Crippen molar-refractivity contribution in [2.45, 2.75) is 6.92 Å². The number of hydrogen-bond acceptors (Lipinski definition) is 3. The highest BCUT2D eigenvalue weighted by molar-refractivity contribution is 6.00. The lowest BCUT2D eigenvalue weighted by molar-refractivity contribution is 0.829. The molecular formula is C24H18N4O. The second-order valence-corrected chi connectivity index (χ2v) is 6.89. The third kappa shape index (κ3) is 2.93. The SMILES string of the molecule is Cc1[nH]c2ccccc2c1C=Nn1c(-c2ccccc2)nc2ccccc2c1=O. The van der Waals surface area contributed by atoms with Crippen molar-refractivity contribution < 1.29 is 0 Å². The molecule has 0 saturated carbocycles. The predicted octanol–water partition coefficient (Wildman–Crippen LogP) is 4.74. The summed E-state index contributed by atoms with van der Waals surface area (Å²) < 4.78 is 1.39. The highest BCUT2D eigenvalue weighted by Crippen LogP contribution is 2.21. The van der Waals surface area contributed by atoms with E-state index < -0.39 is 0 Å². The molecule has 0 amide bonds. The van der Waals surface area contributed by atoms with Gasteiger partial charge >= 0.3 is 0 Å². The van der Waals surface area contributed by atoms with Crippen LogP contribution in [0.4, 0.5) is 0 Å². The Morgan fingerprint density at radius 2 is 1.59 bits per heavy atom. The zero-order chi connectivity index (χ0) is 19.8. The summed E-state index contributed by atoms with van der Waals surface area (Å²) in [5.41, 5.74) is 4.30. The molecule has 5 rings (SSSR count). The largest absolute Gasteiger partial charge is 0.358 e. The molecule has 1 N–H and O–H groups in total. The summed E-state index contributed by atoms with van der Waals surface area (Å²) in [5, 5.41) is 6.19. The molecule has 5 aromatic rings. The Hall–Kier alpha value is -3.99. The van der Waals surface area contributed by atoms with E-state index >= 15 is 0 Å². The second kappa shape index (κ2) is 6.87. The molecule has 140 valence electrons. The Labute approximate surface area is 167 Å². The van der Waals surface area contributed by atoms with Gasteiger partial charge in [0.2, 0.25) is 0 Å². The van der Waals surface area contributed by atoms with E-state index in [1.807, 2.05) is 79.7 Å². The van der Waals surface area contributed by atoms with Crippen molar-refractivity contribution in [2.75, 3.05) is 0 Å². The maximum Gasteiger partial charge on any atom is 0.282 e. The molecule has 0 spiro atoms. The maximum absolute atomic E-state index is 13.2. The zero-order valence-electron chi connectivity index (χ0n) is 15.8. The van der Waals surface area contributed by atoms with Crippen LogP contribution in [0.1, 0.15) is 11.3 Å². The zero-order valence-corrected chi connectivity index (χ0v) is 15.8. The van der Waals surface area contributed by atoms with Gasteiger partial charge in [0.15, 0.2) is 5.82 Å². The summed E-state index contributed by atoms with van der Waals surface area (Å²) in [6.45, 7) is 2.00. The number of aromatic amines is 1. The fourth-order valence-electron chi connectivity index (χ4n) is 3.59. The fraction of sp³-hybridized carbons (Fsp3) is 0.0417. The molecular weight excluding hydrogens is 360 g/mol. The first kappa shape index (κ1) is 17.1. The average molecular weight is 378 g/mol. The van der Waals surface area contributed by atoms with Crippen molar-refractivity contribution >= 4 is 28.0 Å². The predicted molar refractivity (Wildman–Crippen MR) is 117 cm³/mol. The van der Waals surface area contributed by atoms with Crippen LogP contribution in [0.3, 0.4) is 0 Å². The van der Waals surface area contributed by atoms with Crippen LogP contribution in [0.25, 0.3) is 33.2 Å². The first-order valence-corrected chi connectivity index (χ1v) is 9.41. The maximum atomic E-state index is 13.2. The summed E-state index contributed by atoms with van der Waals surface area (Å²) in [4.78, 5) is 21.3. The van der Waals surface area contributed by atoms with Crippen molar-refractivity contribution in [3.8, 4) is 11.4 Å². The minimum atomic E-state index is -0.191. The fourth-order valence-corrected chi connectivity index (χ4v) is 3.59. The van der Waals surface area contributed by atoms with Crippen molar-refractivity contribution in [1.82, 2.24) is 14.6 Å². The van der Waals surface area contributed by atoms with Crippen LogP contribution in [-0.2, 0) is 0 Å². The summed E-state index contributed by atoms with van der Waals surface area (Å²) in [6.07, 6.45) is 1.73. The summed E-state index contributed by atoms with van der Waals surface area (Å²) >= 11 is 0. The van der Waals surface area contributed by atoms with Crippen LogP contribution < -0.4 is 5.56 Å². The lowest BCUT2D eigenvalue weighted by Crippen LogP contribution is -2.20. The van der Waals surface area contributed by atoms with Gasteiger partial charge < -0.3 is 4.98 Å². The van der Waals surface area contributed by atoms with E-state index in [4.69, 9.17) is 4.98 Å². The van der Waals surface area contributed by atoms with E-state index in [9.17, 15) is 4.79 Å². The normalized spacial score (nSPS) is 11.6. The number of nitrogens with one attached hydrogen (secondary N) is 1. The van der Waals surface area contributed by atoms with Gasteiger partial charge in [-0.2, -0.15) is 9.78 Å². The number of benzene rings is 3. The van der Waals surface area contributed by atoms with Gasteiger partial charge in [-0.25, -0.2) is 4.98 Å². The smallest absolute Gasteiger partial charge is 0.282 e. The lowest BCUT2D eigenvalue weighted by Gasteiger charge is -2.09. The molecule has 5 heteroatoms. The Kier molecular flexibility index (Phi) is 4.06. The van der Waals surface area contributed by atoms with Crippen LogP contribution in [0, 0.1) is 6.92 Å². The van der Waals surface area contributed by atoms with Crippen LogP contribution in [0.5, 0.6) is 0 Å². The number of nitrogens with zero attached hydrogens (tertiary/aromatic N) is 3. The van der Waals surface area contributed by atoms with Crippen LogP contribution in [0.2, 0.25) is 0 Å². The van der Waals surface area contributed by atoms with Gasteiger partial charge in [-0.1, -0.05) is 60.7 Å². The molecule has 5 nitrogen and oxygen atoms in total. The van der Waals surface area contributed by atoms with Gasteiger partial charge in [0.25, 0.3) is 5.56 Å². The molecule has 0 aliphatic carbocycles. The van der Waals surface area contributed by atoms with Crippen LogP contribution >= 0.6 is 0 Å². The number of H-pyrrole nitrogens is 1. The Morgan fingerprint density at radius 3 is 2.41 bits per heavy atom. The quantitative estimate of drug-likeness (QED) is 0.461. The topological polar surface area (TPSA) is 63.0 Å². The van der Waals surface area contributed by atoms with Crippen molar-refractivity contribution in [3.63, 3.8) is 0 Å². The van der Waals surface area contributed by atoms with Crippen molar-refractivity contribution in [1.29, 1.82) is 0 Å². The monoisotopic (exact) mass is 378 g/mol. The molecule has 0 aliphatic heterocycles. The Balaban J connectivity index is 1.75. The molecule has 0 unspecified atom stereocenters. The number of aryl methyl sites for hydroxylation is 1. The van der Waals surface area contributed by atoms with E-state index in [1.165, 1.54) is 4.68 Å². The average Bonchev–Trinajstić information content (AvgIpc) is 3.08. The van der Waals surface area contributed by atoms with Gasteiger partial charge in [0, 0.05) is 27.7 Å². The Morgan fingerprint density at radius 1 is 0.897 bits per heavy atom. The molecule has 3 aromatic carbocycles. The highest BCUT2D eigenvalue weighted by atomic mass is 16.1. The third-order valence-corrected chi connectivity index (χ3v) is 5.03. The van der Waals surface area contributed by atoms with Crippen LogP contribution in [-0.4, -0.2) is 20.9 Å². The number of hydrogen-bond donors (Lipinski definition) is 1. The number of fused-ring (bicyclic) bond motifs is 2. The summed E-state index contributed by atoms with van der Waals surface area (Å²) in [6, 6.07) is 25.0. The van der Waals surface area contributed by atoms with E-state index in [0.717, 1.165) is 27.7 Å². The molecule has 0 saturated heterocycles. The summed E-state index contributed by atoms with van der Waals surface area (Å²) in [5.74, 6) is 0.517. The van der Waals surface area contributed by atoms with Gasteiger partial charge in [0.1, 0.15) is 0 Å². The third-order valence-electron chi connectivity index (χ3n) is 5.03. The number of para-hydroxylation sites is 2. The summed E-state index contributed by atoms with van der Waals surface area (Å²) in [7, 11) is 0. The molecule has 0 radical (unpaired) electrons. The van der Waals surface area contributed by atoms with Crippen molar-refractivity contribution in [2.24, 2.45) is 5.10 Å². The van der Waals surface area contributed by atoms with Crippen LogP contribution in [0.15, 0.2) is 88.8 Å².